The van der Waals surface area contributed by atoms with Crippen LogP contribution in [0.15, 0.2) is 78.9 Å². The van der Waals surface area contributed by atoms with Crippen LogP contribution in [0.3, 0.4) is 0 Å². The summed E-state index contributed by atoms with van der Waals surface area (Å²) in [7, 11) is 0. The monoisotopic (exact) mass is 441 g/mol. The van der Waals surface area contributed by atoms with Crippen LogP contribution in [0.1, 0.15) is 29.5 Å². The van der Waals surface area contributed by atoms with Crippen molar-refractivity contribution < 1.29 is 14.0 Å². The van der Waals surface area contributed by atoms with E-state index in [1.165, 1.54) is 18.2 Å². The van der Waals surface area contributed by atoms with Crippen LogP contribution >= 0.6 is 0 Å². The Hall–Kier alpha value is -4.19. The number of rotatable bonds is 7. The number of amides is 2. The quantitative estimate of drug-likeness (QED) is 0.278. The van der Waals surface area contributed by atoms with Gasteiger partial charge in [0.2, 0.25) is 5.91 Å². The largest absolute Gasteiger partial charge is 0.397 e. The van der Waals surface area contributed by atoms with Gasteiger partial charge in [-0.1, -0.05) is 48.5 Å². The molecule has 0 radical (unpaired) electrons. The van der Waals surface area contributed by atoms with E-state index in [2.05, 4.69) is 10.6 Å². The van der Waals surface area contributed by atoms with E-state index < -0.39 is 0 Å². The molecule has 1 fully saturated rings. The topological polar surface area (TPSA) is 84.2 Å². The third-order valence-corrected chi connectivity index (χ3v) is 5.21. The van der Waals surface area contributed by atoms with E-state index in [4.69, 9.17) is 5.73 Å². The summed E-state index contributed by atoms with van der Waals surface area (Å²) >= 11 is 0. The zero-order valence-electron chi connectivity index (χ0n) is 17.9. The fourth-order valence-electron chi connectivity index (χ4n) is 3.23. The molecule has 0 unspecified atom stereocenters. The van der Waals surface area contributed by atoms with E-state index in [1.54, 1.807) is 48.6 Å². The number of benzene rings is 3. The highest BCUT2D eigenvalue weighted by atomic mass is 19.1. The molecule has 0 aliphatic heterocycles. The molecular weight excluding hydrogens is 417 g/mol. The van der Waals surface area contributed by atoms with Crippen LogP contribution in [0, 0.1) is 5.82 Å². The standard InChI is InChI=1S/C27H24FN3O2/c28-21-12-10-20(11-13-21)23(27(33)30-22-14-15-22)17-19-7-5-18(6-8-19)9-16-26(32)31-25-4-2-1-3-24(25)29/h1-13,16-17,22H,14-15,29H2,(H,30,33)(H,31,32)/b16-9+,23-17?. The van der Waals surface area contributed by atoms with Gasteiger partial charge in [-0.3, -0.25) is 9.59 Å². The number of nitrogens with two attached hydrogens (primary N) is 1. The lowest BCUT2D eigenvalue weighted by Crippen LogP contribution is -2.26. The van der Waals surface area contributed by atoms with E-state index in [9.17, 15) is 14.0 Å². The normalized spacial score (nSPS) is 13.7. The lowest BCUT2D eigenvalue weighted by atomic mass is 10.0. The molecule has 4 rings (SSSR count). The molecule has 3 aromatic carbocycles. The number of anilines is 2. The average molecular weight is 442 g/mol. The minimum atomic E-state index is -0.351. The zero-order valence-corrected chi connectivity index (χ0v) is 17.9. The van der Waals surface area contributed by atoms with E-state index in [-0.39, 0.29) is 23.7 Å². The summed E-state index contributed by atoms with van der Waals surface area (Å²) in [6, 6.07) is 20.6. The Labute approximate surface area is 191 Å². The predicted molar refractivity (Wildman–Crippen MR) is 130 cm³/mol. The number of carbonyl (C=O) groups excluding carboxylic acids is 2. The summed E-state index contributed by atoms with van der Waals surface area (Å²) in [4.78, 5) is 24.9. The van der Waals surface area contributed by atoms with E-state index >= 15 is 0 Å². The van der Waals surface area contributed by atoms with Crippen molar-refractivity contribution in [1.82, 2.24) is 5.32 Å². The maximum absolute atomic E-state index is 13.4. The first-order valence-corrected chi connectivity index (χ1v) is 10.7. The smallest absolute Gasteiger partial charge is 0.252 e. The zero-order chi connectivity index (χ0) is 23.2. The van der Waals surface area contributed by atoms with Crippen LogP contribution < -0.4 is 16.4 Å². The number of nitrogens with one attached hydrogen (secondary N) is 2. The summed E-state index contributed by atoms with van der Waals surface area (Å²) in [6.07, 6.45) is 6.87. The summed E-state index contributed by atoms with van der Waals surface area (Å²) in [5, 5.41) is 5.73. The van der Waals surface area contributed by atoms with Gasteiger partial charge < -0.3 is 16.4 Å². The van der Waals surface area contributed by atoms with Crippen molar-refractivity contribution in [3.63, 3.8) is 0 Å². The Kier molecular flexibility index (Phi) is 6.64. The Morgan fingerprint density at radius 3 is 2.24 bits per heavy atom. The molecule has 5 nitrogen and oxygen atoms in total. The summed E-state index contributed by atoms with van der Waals surface area (Å²) in [6.45, 7) is 0. The highest BCUT2D eigenvalue weighted by Gasteiger charge is 2.25. The number of halogens is 1. The molecule has 6 heteroatoms. The second-order valence-corrected chi connectivity index (χ2v) is 7.89. The molecule has 4 N–H and O–H groups in total. The van der Waals surface area contributed by atoms with Crippen molar-refractivity contribution >= 4 is 40.9 Å². The van der Waals surface area contributed by atoms with Crippen molar-refractivity contribution in [3.8, 4) is 0 Å². The molecule has 1 aliphatic rings. The molecular formula is C27H24FN3O2. The van der Waals surface area contributed by atoms with Crippen molar-refractivity contribution in [2.75, 3.05) is 11.1 Å². The predicted octanol–water partition coefficient (Wildman–Crippen LogP) is 4.88. The van der Waals surface area contributed by atoms with Crippen LogP contribution in [0.2, 0.25) is 0 Å². The average Bonchev–Trinajstić information content (AvgIpc) is 3.63. The van der Waals surface area contributed by atoms with E-state index in [0.717, 1.165) is 24.0 Å². The highest BCUT2D eigenvalue weighted by Crippen LogP contribution is 2.24. The second-order valence-electron chi connectivity index (χ2n) is 7.89. The number of hydrogen-bond donors (Lipinski definition) is 3. The summed E-state index contributed by atoms with van der Waals surface area (Å²) in [5.74, 6) is -0.812. The Balaban J connectivity index is 1.48. The van der Waals surface area contributed by atoms with Crippen LogP contribution in [0.5, 0.6) is 0 Å². The molecule has 3 aromatic rings. The van der Waals surface area contributed by atoms with Crippen molar-refractivity contribution in [2.45, 2.75) is 18.9 Å². The Morgan fingerprint density at radius 2 is 1.58 bits per heavy atom. The second kappa shape index (κ2) is 9.96. The Morgan fingerprint density at radius 1 is 0.909 bits per heavy atom. The lowest BCUT2D eigenvalue weighted by molar-refractivity contribution is -0.115. The van der Waals surface area contributed by atoms with Crippen molar-refractivity contribution in [2.24, 2.45) is 0 Å². The molecule has 1 aliphatic carbocycles. The first-order valence-electron chi connectivity index (χ1n) is 10.7. The number of hydrogen-bond acceptors (Lipinski definition) is 3. The van der Waals surface area contributed by atoms with Gasteiger partial charge in [-0.05, 0) is 65.9 Å². The first kappa shape index (κ1) is 22.0. The van der Waals surface area contributed by atoms with Gasteiger partial charge in [-0.2, -0.15) is 0 Å². The highest BCUT2D eigenvalue weighted by molar-refractivity contribution is 6.24. The molecule has 0 heterocycles. The third kappa shape index (κ3) is 6.17. The van der Waals surface area contributed by atoms with Gasteiger partial charge in [-0.15, -0.1) is 0 Å². The van der Waals surface area contributed by atoms with Crippen LogP contribution in [0.25, 0.3) is 17.7 Å². The molecule has 1 saturated carbocycles. The third-order valence-electron chi connectivity index (χ3n) is 5.21. The van der Waals surface area contributed by atoms with Gasteiger partial charge in [0, 0.05) is 17.7 Å². The fourth-order valence-corrected chi connectivity index (χ4v) is 3.23. The van der Waals surface area contributed by atoms with Crippen LogP contribution in [-0.2, 0) is 9.59 Å². The van der Waals surface area contributed by atoms with Gasteiger partial charge in [0.05, 0.1) is 11.4 Å². The van der Waals surface area contributed by atoms with E-state index in [0.29, 0.717) is 22.5 Å². The minimum absolute atomic E-state index is 0.176. The molecule has 0 bridgehead atoms. The molecule has 0 saturated heterocycles. The molecule has 0 atom stereocenters. The first-order chi connectivity index (χ1) is 16.0. The lowest BCUT2D eigenvalue weighted by Gasteiger charge is -2.09. The Bertz CT molecular complexity index is 1210. The van der Waals surface area contributed by atoms with Crippen molar-refractivity contribution in [3.05, 3.63) is 101 Å². The maximum atomic E-state index is 13.4. The summed E-state index contributed by atoms with van der Waals surface area (Å²) < 4.78 is 13.4. The molecule has 33 heavy (non-hydrogen) atoms. The summed E-state index contributed by atoms with van der Waals surface area (Å²) in [5.41, 5.74) is 9.67. The van der Waals surface area contributed by atoms with E-state index in [1.807, 2.05) is 24.3 Å². The van der Waals surface area contributed by atoms with Crippen molar-refractivity contribution in [1.29, 1.82) is 0 Å². The van der Waals surface area contributed by atoms with Gasteiger partial charge in [-0.25, -0.2) is 4.39 Å². The van der Waals surface area contributed by atoms with Gasteiger partial charge >= 0.3 is 0 Å². The van der Waals surface area contributed by atoms with Gasteiger partial charge in [0.15, 0.2) is 0 Å². The molecule has 2 amide bonds. The van der Waals surface area contributed by atoms with Crippen LogP contribution in [0.4, 0.5) is 15.8 Å². The number of nitrogen functional groups attached to an aromatic ring is 1. The minimum Gasteiger partial charge on any atom is -0.397 e. The van der Waals surface area contributed by atoms with Gasteiger partial charge in [0.1, 0.15) is 5.82 Å². The number of para-hydroxylation sites is 2. The molecule has 0 aromatic heterocycles. The van der Waals surface area contributed by atoms with Crippen LogP contribution in [-0.4, -0.2) is 17.9 Å². The number of carbonyl (C=O) groups is 2. The maximum Gasteiger partial charge on any atom is 0.252 e. The molecule has 166 valence electrons. The van der Waals surface area contributed by atoms with Gasteiger partial charge in [0.25, 0.3) is 5.91 Å². The SMILES string of the molecule is Nc1ccccc1NC(=O)/C=C/c1ccc(C=C(C(=O)NC2CC2)c2ccc(F)cc2)cc1. The fraction of sp³-hybridized carbons (Fsp3) is 0.111. The molecule has 0 spiro atoms.